The van der Waals surface area contributed by atoms with E-state index < -0.39 is 5.95 Å². The van der Waals surface area contributed by atoms with Crippen LogP contribution in [0, 0.1) is 5.95 Å². The van der Waals surface area contributed by atoms with Crippen molar-refractivity contribution in [2.24, 2.45) is 0 Å². The van der Waals surface area contributed by atoms with Gasteiger partial charge in [0.1, 0.15) is 0 Å². The van der Waals surface area contributed by atoms with E-state index in [2.05, 4.69) is 36.3 Å². The summed E-state index contributed by atoms with van der Waals surface area (Å²) in [6.45, 7) is 6.20. The van der Waals surface area contributed by atoms with Crippen LogP contribution in [-0.4, -0.2) is 10.9 Å². The van der Waals surface area contributed by atoms with Gasteiger partial charge in [-0.2, -0.15) is 4.39 Å². The molecule has 0 saturated heterocycles. The number of carbonyl (C=O) groups is 1. The van der Waals surface area contributed by atoms with Crippen LogP contribution in [0.2, 0.25) is 0 Å². The number of amides is 1. The number of rotatable bonds is 4. The maximum Gasteiger partial charge on any atom is 0.253 e. The van der Waals surface area contributed by atoms with Crippen LogP contribution in [0.1, 0.15) is 54.2 Å². The third-order valence-corrected chi connectivity index (χ3v) is 3.44. The minimum absolute atomic E-state index is 0.122. The van der Waals surface area contributed by atoms with Crippen LogP contribution >= 0.6 is 0 Å². The van der Waals surface area contributed by atoms with Crippen LogP contribution in [0.15, 0.2) is 42.6 Å². The highest BCUT2D eigenvalue weighted by atomic mass is 19.1. The number of carbonyl (C=O) groups excluding carboxylic acids is 1. The Labute approximate surface area is 124 Å². The van der Waals surface area contributed by atoms with Crippen molar-refractivity contribution >= 4 is 5.91 Å². The minimum atomic E-state index is -0.594. The lowest BCUT2D eigenvalue weighted by molar-refractivity contribution is 0.0939. The molecule has 1 unspecified atom stereocenters. The van der Waals surface area contributed by atoms with E-state index >= 15 is 0 Å². The second-order valence-electron chi connectivity index (χ2n) is 5.39. The number of benzene rings is 1. The van der Waals surface area contributed by atoms with E-state index in [0.717, 1.165) is 5.56 Å². The predicted octanol–water partition coefficient (Wildman–Crippen LogP) is 3.84. The number of halogens is 1. The number of nitrogens with one attached hydrogen (secondary N) is 1. The van der Waals surface area contributed by atoms with Crippen LogP contribution in [0.3, 0.4) is 0 Å². The zero-order valence-corrected chi connectivity index (χ0v) is 12.4. The molecule has 0 radical (unpaired) electrons. The summed E-state index contributed by atoms with van der Waals surface area (Å²) >= 11 is 0. The summed E-state index contributed by atoms with van der Waals surface area (Å²) in [5.74, 6) is -0.374. The van der Waals surface area contributed by atoms with Gasteiger partial charge in [-0.05, 0) is 36.1 Å². The highest BCUT2D eigenvalue weighted by Gasteiger charge is 2.12. The summed E-state index contributed by atoms with van der Waals surface area (Å²) in [5.41, 5.74) is 2.64. The third-order valence-electron chi connectivity index (χ3n) is 3.44. The van der Waals surface area contributed by atoms with Crippen molar-refractivity contribution in [3.63, 3.8) is 0 Å². The zero-order valence-electron chi connectivity index (χ0n) is 12.4. The fourth-order valence-electron chi connectivity index (χ4n) is 2.04. The molecule has 21 heavy (non-hydrogen) atoms. The van der Waals surface area contributed by atoms with E-state index in [0.29, 0.717) is 11.5 Å². The Kier molecular flexibility index (Phi) is 4.68. The lowest BCUT2D eigenvalue weighted by atomic mass is 9.99. The number of hydrogen-bond acceptors (Lipinski definition) is 2. The van der Waals surface area contributed by atoms with Crippen LogP contribution in [0.4, 0.5) is 4.39 Å². The van der Waals surface area contributed by atoms with E-state index in [9.17, 15) is 9.18 Å². The van der Waals surface area contributed by atoms with Gasteiger partial charge >= 0.3 is 0 Å². The number of aromatic nitrogens is 1. The molecule has 0 spiro atoms. The monoisotopic (exact) mass is 286 g/mol. The molecule has 1 amide bonds. The summed E-state index contributed by atoms with van der Waals surface area (Å²) < 4.78 is 12.7. The molecule has 4 heteroatoms. The van der Waals surface area contributed by atoms with Crippen molar-refractivity contribution in [3.05, 3.63) is 65.2 Å². The number of pyridine rings is 1. The summed E-state index contributed by atoms with van der Waals surface area (Å²) in [7, 11) is 0. The molecule has 0 saturated carbocycles. The van der Waals surface area contributed by atoms with Gasteiger partial charge in [-0.25, -0.2) is 4.98 Å². The smallest absolute Gasteiger partial charge is 0.253 e. The topological polar surface area (TPSA) is 42.0 Å². The van der Waals surface area contributed by atoms with Crippen molar-refractivity contribution < 1.29 is 9.18 Å². The average molecular weight is 286 g/mol. The molecule has 0 fully saturated rings. The van der Waals surface area contributed by atoms with Crippen molar-refractivity contribution in [2.75, 3.05) is 0 Å². The molecule has 1 heterocycles. The fourth-order valence-corrected chi connectivity index (χ4v) is 2.04. The summed E-state index contributed by atoms with van der Waals surface area (Å²) in [5, 5.41) is 2.88. The van der Waals surface area contributed by atoms with Gasteiger partial charge in [-0.1, -0.05) is 38.1 Å². The molecule has 110 valence electrons. The van der Waals surface area contributed by atoms with Gasteiger partial charge < -0.3 is 5.32 Å². The zero-order chi connectivity index (χ0) is 15.4. The van der Waals surface area contributed by atoms with Gasteiger partial charge in [0.15, 0.2) is 0 Å². The Bertz CT molecular complexity index is 606. The van der Waals surface area contributed by atoms with Gasteiger partial charge in [0.25, 0.3) is 5.91 Å². The minimum Gasteiger partial charge on any atom is -0.345 e. The van der Waals surface area contributed by atoms with Gasteiger partial charge in [-0.3, -0.25) is 4.79 Å². The highest BCUT2D eigenvalue weighted by molar-refractivity contribution is 5.94. The van der Waals surface area contributed by atoms with Gasteiger partial charge in [0.05, 0.1) is 11.6 Å². The lowest BCUT2D eigenvalue weighted by Crippen LogP contribution is -2.26. The van der Waals surface area contributed by atoms with Gasteiger partial charge in [0, 0.05) is 6.20 Å². The molecule has 0 aliphatic rings. The van der Waals surface area contributed by atoms with E-state index in [1.54, 1.807) is 0 Å². The average Bonchev–Trinajstić information content (AvgIpc) is 2.47. The van der Waals surface area contributed by atoms with Crippen molar-refractivity contribution in [1.29, 1.82) is 0 Å². The Morgan fingerprint density at radius 3 is 2.19 bits per heavy atom. The van der Waals surface area contributed by atoms with E-state index in [4.69, 9.17) is 0 Å². The largest absolute Gasteiger partial charge is 0.345 e. The lowest BCUT2D eigenvalue weighted by Gasteiger charge is -2.15. The second kappa shape index (κ2) is 6.48. The first kappa shape index (κ1) is 15.2. The SMILES string of the molecule is CC(C)c1ccc(C(C)NC(=O)c2ccc(F)nc2)cc1. The van der Waals surface area contributed by atoms with Crippen molar-refractivity contribution in [2.45, 2.75) is 32.7 Å². The normalized spacial score (nSPS) is 12.2. The molecular weight excluding hydrogens is 267 g/mol. The standard InChI is InChI=1S/C17H19FN2O/c1-11(2)13-4-6-14(7-5-13)12(3)20-17(21)15-8-9-16(18)19-10-15/h4-12H,1-3H3,(H,20,21). The van der Waals surface area contributed by atoms with Crippen molar-refractivity contribution in [1.82, 2.24) is 10.3 Å². The molecule has 3 nitrogen and oxygen atoms in total. The molecule has 0 aliphatic heterocycles. The Morgan fingerprint density at radius 2 is 1.67 bits per heavy atom. The Hall–Kier alpha value is -2.23. The number of nitrogens with zero attached hydrogens (tertiary/aromatic N) is 1. The molecule has 0 aliphatic carbocycles. The van der Waals surface area contributed by atoms with Crippen LogP contribution in [0.5, 0.6) is 0 Å². The van der Waals surface area contributed by atoms with E-state index in [1.807, 2.05) is 19.1 Å². The summed E-state index contributed by atoms with van der Waals surface area (Å²) in [6, 6.07) is 10.7. The molecule has 1 aromatic heterocycles. The molecule has 1 atom stereocenters. The van der Waals surface area contributed by atoms with Crippen LogP contribution < -0.4 is 5.32 Å². The predicted molar refractivity (Wildman–Crippen MR) is 80.6 cm³/mol. The highest BCUT2D eigenvalue weighted by Crippen LogP contribution is 2.18. The molecule has 0 bridgehead atoms. The fraction of sp³-hybridized carbons (Fsp3) is 0.294. The first-order chi connectivity index (χ1) is 9.97. The molecule has 2 rings (SSSR count). The molecule has 1 N–H and O–H groups in total. The first-order valence-electron chi connectivity index (χ1n) is 6.99. The maximum atomic E-state index is 12.7. The Balaban J connectivity index is 2.05. The van der Waals surface area contributed by atoms with Crippen LogP contribution in [0.25, 0.3) is 0 Å². The van der Waals surface area contributed by atoms with Crippen LogP contribution in [-0.2, 0) is 0 Å². The third kappa shape index (κ3) is 3.88. The molecular formula is C17H19FN2O. The van der Waals surface area contributed by atoms with Crippen molar-refractivity contribution in [3.8, 4) is 0 Å². The van der Waals surface area contributed by atoms with E-state index in [1.165, 1.54) is 23.9 Å². The quantitative estimate of drug-likeness (QED) is 0.868. The number of hydrogen-bond donors (Lipinski definition) is 1. The summed E-state index contributed by atoms with van der Waals surface area (Å²) in [4.78, 5) is 15.5. The van der Waals surface area contributed by atoms with E-state index in [-0.39, 0.29) is 11.9 Å². The molecule has 2 aromatic rings. The Morgan fingerprint density at radius 1 is 1.05 bits per heavy atom. The van der Waals surface area contributed by atoms with Gasteiger partial charge in [0.2, 0.25) is 5.95 Å². The second-order valence-corrected chi connectivity index (χ2v) is 5.39. The maximum absolute atomic E-state index is 12.7. The molecule has 1 aromatic carbocycles. The van der Waals surface area contributed by atoms with Gasteiger partial charge in [-0.15, -0.1) is 0 Å². The first-order valence-corrected chi connectivity index (χ1v) is 6.99. The summed E-state index contributed by atoms with van der Waals surface area (Å²) in [6.07, 6.45) is 1.24.